The minimum absolute atomic E-state index is 0.234. The molecule has 0 bridgehead atoms. The van der Waals surface area contributed by atoms with Crippen LogP contribution in [0.5, 0.6) is 0 Å². The zero-order valence-electron chi connectivity index (χ0n) is 14.7. The van der Waals surface area contributed by atoms with E-state index in [0.717, 1.165) is 16.5 Å². The third kappa shape index (κ3) is 3.45. The monoisotopic (exact) mass is 337 g/mol. The van der Waals surface area contributed by atoms with Crippen molar-refractivity contribution in [2.45, 2.75) is 32.7 Å². The average Bonchev–Trinajstić information content (AvgIpc) is 2.95. The van der Waals surface area contributed by atoms with Crippen molar-refractivity contribution in [2.24, 2.45) is 4.99 Å². The highest BCUT2D eigenvalue weighted by molar-refractivity contribution is 6.02. The van der Waals surface area contributed by atoms with E-state index in [1.165, 1.54) is 0 Å². The number of aromatic nitrogens is 1. The highest BCUT2D eigenvalue weighted by Gasteiger charge is 2.31. The lowest BCUT2D eigenvalue weighted by atomic mass is 10.1. The minimum atomic E-state index is -0.469. The van der Waals surface area contributed by atoms with Crippen molar-refractivity contribution in [1.29, 1.82) is 0 Å². The standard InChI is InChI=1S/C18H17N3O2.C2H6/c1-3-11-19-17-12(4-2)13-7-5-6-8-14(13)21(17)15-9-10-16(22)20-18(15)23;1-2/h3-8,11,15H,1-2,9-10H2,(H,20,22,23);1-2H3/b19-11-;. The predicted molar refractivity (Wildman–Crippen MR) is 103 cm³/mol. The molecule has 25 heavy (non-hydrogen) atoms. The molecule has 2 aromatic rings. The molecule has 0 saturated carbocycles. The summed E-state index contributed by atoms with van der Waals surface area (Å²) in [6, 6.07) is 7.30. The molecule has 1 aromatic carbocycles. The number of nitrogens with one attached hydrogen (secondary N) is 1. The van der Waals surface area contributed by atoms with Crippen LogP contribution < -0.4 is 5.32 Å². The van der Waals surface area contributed by atoms with Crippen LogP contribution in [0, 0.1) is 0 Å². The maximum absolute atomic E-state index is 12.3. The van der Waals surface area contributed by atoms with Crippen LogP contribution in [0.4, 0.5) is 5.82 Å². The zero-order chi connectivity index (χ0) is 18.4. The van der Waals surface area contributed by atoms with Gasteiger partial charge in [0.25, 0.3) is 0 Å². The first-order valence-electron chi connectivity index (χ1n) is 8.41. The summed E-state index contributed by atoms with van der Waals surface area (Å²) in [4.78, 5) is 28.2. The van der Waals surface area contributed by atoms with Crippen molar-refractivity contribution in [3.05, 3.63) is 49.1 Å². The Labute approximate surface area is 147 Å². The molecule has 5 heteroatoms. The van der Waals surface area contributed by atoms with Crippen molar-refractivity contribution < 1.29 is 9.59 Å². The highest BCUT2D eigenvalue weighted by atomic mass is 16.2. The second-order valence-electron chi connectivity index (χ2n) is 5.31. The first kappa shape index (κ1) is 18.4. The van der Waals surface area contributed by atoms with Gasteiger partial charge in [0, 0.05) is 23.6 Å². The molecule has 3 rings (SSSR count). The molecular formula is C20H23N3O2. The van der Waals surface area contributed by atoms with Gasteiger partial charge in [-0.25, -0.2) is 4.99 Å². The van der Waals surface area contributed by atoms with Gasteiger partial charge in [-0.15, -0.1) is 0 Å². The second-order valence-corrected chi connectivity index (χ2v) is 5.31. The lowest BCUT2D eigenvalue weighted by molar-refractivity contribution is -0.135. The summed E-state index contributed by atoms with van der Waals surface area (Å²) in [5.41, 5.74) is 1.76. The number of nitrogens with zero attached hydrogens (tertiary/aromatic N) is 2. The number of hydrogen-bond acceptors (Lipinski definition) is 3. The van der Waals surface area contributed by atoms with Crippen LogP contribution in [0.25, 0.3) is 17.0 Å². The summed E-state index contributed by atoms with van der Waals surface area (Å²) in [5.74, 6) is 0.117. The summed E-state index contributed by atoms with van der Waals surface area (Å²) in [6.45, 7) is 11.5. The molecule has 2 heterocycles. The number of piperidine rings is 1. The normalized spacial score (nSPS) is 17.1. The van der Waals surface area contributed by atoms with Crippen LogP contribution in [0.3, 0.4) is 0 Å². The predicted octanol–water partition coefficient (Wildman–Crippen LogP) is 4.18. The Hall–Kier alpha value is -2.95. The van der Waals surface area contributed by atoms with E-state index >= 15 is 0 Å². The fourth-order valence-corrected chi connectivity index (χ4v) is 2.98. The molecule has 1 aliphatic heterocycles. The number of allylic oxidation sites excluding steroid dienone is 1. The number of aliphatic imine (C=N–C) groups is 1. The van der Waals surface area contributed by atoms with E-state index in [9.17, 15) is 9.59 Å². The van der Waals surface area contributed by atoms with E-state index in [1.54, 1.807) is 18.4 Å². The van der Waals surface area contributed by atoms with Gasteiger partial charge in [-0.1, -0.05) is 57.4 Å². The van der Waals surface area contributed by atoms with Crippen LogP contribution in [0.15, 0.2) is 48.5 Å². The Morgan fingerprint density at radius 2 is 1.96 bits per heavy atom. The summed E-state index contributed by atoms with van der Waals surface area (Å²) in [5, 5.41) is 3.38. The van der Waals surface area contributed by atoms with Crippen LogP contribution in [-0.4, -0.2) is 22.6 Å². The molecule has 1 unspecified atom stereocenters. The van der Waals surface area contributed by atoms with Gasteiger partial charge in [0.15, 0.2) is 0 Å². The van der Waals surface area contributed by atoms with E-state index < -0.39 is 6.04 Å². The number of benzene rings is 1. The van der Waals surface area contributed by atoms with Gasteiger partial charge in [-0.2, -0.15) is 0 Å². The molecule has 1 aromatic heterocycles. The number of carbonyl (C=O) groups excluding carboxylic acids is 2. The highest BCUT2D eigenvalue weighted by Crippen LogP contribution is 2.38. The SMILES string of the molecule is C=C/C=N\c1c(C=C)c2ccccc2n1C1CCC(=O)NC1=O.CC. The molecule has 1 saturated heterocycles. The van der Waals surface area contributed by atoms with Gasteiger partial charge in [-0.3, -0.25) is 14.9 Å². The van der Waals surface area contributed by atoms with Gasteiger partial charge in [-0.05, 0) is 12.5 Å². The topological polar surface area (TPSA) is 63.5 Å². The number of imide groups is 1. The van der Waals surface area contributed by atoms with Crippen LogP contribution in [-0.2, 0) is 9.59 Å². The minimum Gasteiger partial charge on any atom is -0.313 e. The molecular weight excluding hydrogens is 314 g/mol. The number of fused-ring (bicyclic) bond motifs is 1. The largest absolute Gasteiger partial charge is 0.313 e. The molecule has 1 N–H and O–H groups in total. The Morgan fingerprint density at radius 3 is 2.60 bits per heavy atom. The molecule has 130 valence electrons. The van der Waals surface area contributed by atoms with E-state index in [1.807, 2.05) is 42.7 Å². The molecule has 1 aliphatic rings. The molecule has 2 amide bonds. The van der Waals surface area contributed by atoms with Gasteiger partial charge < -0.3 is 4.57 Å². The Morgan fingerprint density at radius 1 is 1.24 bits per heavy atom. The second kappa shape index (κ2) is 8.24. The van der Waals surface area contributed by atoms with Crippen molar-refractivity contribution in [2.75, 3.05) is 0 Å². The maximum atomic E-state index is 12.3. The third-order valence-corrected chi connectivity index (χ3v) is 3.95. The summed E-state index contributed by atoms with van der Waals surface area (Å²) in [6.07, 6.45) is 5.68. The fraction of sp³-hybridized carbons (Fsp3) is 0.250. The van der Waals surface area contributed by atoms with Crippen molar-refractivity contribution in [3.8, 4) is 0 Å². The summed E-state index contributed by atoms with van der Waals surface area (Å²) >= 11 is 0. The fourth-order valence-electron chi connectivity index (χ4n) is 2.98. The molecule has 1 atom stereocenters. The molecule has 1 fully saturated rings. The number of para-hydroxylation sites is 1. The van der Waals surface area contributed by atoms with Gasteiger partial charge in [0.1, 0.15) is 11.9 Å². The van der Waals surface area contributed by atoms with Gasteiger partial charge in [0.05, 0.1) is 5.52 Å². The van der Waals surface area contributed by atoms with E-state index in [2.05, 4.69) is 23.5 Å². The van der Waals surface area contributed by atoms with Gasteiger partial charge >= 0.3 is 0 Å². The molecule has 0 spiro atoms. The summed E-state index contributed by atoms with van der Waals surface area (Å²) in [7, 11) is 0. The third-order valence-electron chi connectivity index (χ3n) is 3.95. The number of hydrogen-bond donors (Lipinski definition) is 1. The van der Waals surface area contributed by atoms with Gasteiger partial charge in [0.2, 0.25) is 11.8 Å². The average molecular weight is 337 g/mol. The van der Waals surface area contributed by atoms with Crippen molar-refractivity contribution in [3.63, 3.8) is 0 Å². The van der Waals surface area contributed by atoms with E-state index in [4.69, 9.17) is 0 Å². The Balaban J connectivity index is 0.00000109. The van der Waals surface area contributed by atoms with E-state index in [-0.39, 0.29) is 11.8 Å². The lowest BCUT2D eigenvalue weighted by Gasteiger charge is -2.24. The van der Waals surface area contributed by atoms with Crippen molar-refractivity contribution >= 4 is 40.8 Å². The molecule has 5 nitrogen and oxygen atoms in total. The summed E-state index contributed by atoms with van der Waals surface area (Å²) < 4.78 is 1.88. The first-order chi connectivity index (χ1) is 12.2. The number of carbonyl (C=O) groups is 2. The smallest absolute Gasteiger partial charge is 0.249 e. The Kier molecular flexibility index (Phi) is 6.06. The van der Waals surface area contributed by atoms with Crippen molar-refractivity contribution in [1.82, 2.24) is 9.88 Å². The Bertz CT molecular complexity index is 846. The molecule has 0 radical (unpaired) electrons. The van der Waals surface area contributed by atoms with E-state index in [0.29, 0.717) is 18.7 Å². The quantitative estimate of drug-likeness (QED) is 0.672. The van der Waals surface area contributed by atoms with Crippen LogP contribution in [0.2, 0.25) is 0 Å². The first-order valence-corrected chi connectivity index (χ1v) is 8.41. The van der Waals surface area contributed by atoms with Crippen LogP contribution in [0.1, 0.15) is 38.3 Å². The van der Waals surface area contributed by atoms with Crippen LogP contribution >= 0.6 is 0 Å². The maximum Gasteiger partial charge on any atom is 0.249 e. The number of amides is 2. The number of rotatable bonds is 4. The zero-order valence-corrected chi connectivity index (χ0v) is 14.7. The lowest BCUT2D eigenvalue weighted by Crippen LogP contribution is -2.41. The molecule has 0 aliphatic carbocycles.